The number of thioether (sulfide) groups is 1. The van der Waals surface area contributed by atoms with Crippen molar-refractivity contribution in [1.82, 2.24) is 0 Å². The molecule has 1 unspecified atom stereocenters. The van der Waals surface area contributed by atoms with E-state index in [1.807, 2.05) is 11.8 Å². The van der Waals surface area contributed by atoms with Crippen LogP contribution in [0, 0.1) is 13.8 Å². The van der Waals surface area contributed by atoms with Gasteiger partial charge in [0.1, 0.15) is 0 Å². The van der Waals surface area contributed by atoms with E-state index in [0.29, 0.717) is 0 Å². The summed E-state index contributed by atoms with van der Waals surface area (Å²) in [5.74, 6) is 1.14. The van der Waals surface area contributed by atoms with Crippen LogP contribution in [0.25, 0.3) is 0 Å². The van der Waals surface area contributed by atoms with Gasteiger partial charge in [0, 0.05) is 0 Å². The highest BCUT2D eigenvalue weighted by molar-refractivity contribution is 7.98. The quantitative estimate of drug-likeness (QED) is 0.767. The summed E-state index contributed by atoms with van der Waals surface area (Å²) in [5.41, 5.74) is 3.91. The number of aliphatic hydroxyl groups excluding tert-OH is 1. The van der Waals surface area contributed by atoms with Gasteiger partial charge in [-0.05, 0) is 61.8 Å². The summed E-state index contributed by atoms with van der Waals surface area (Å²) in [5, 5.41) is 9.97. The lowest BCUT2D eigenvalue weighted by Gasteiger charge is -2.14. The van der Waals surface area contributed by atoms with E-state index in [0.717, 1.165) is 25.0 Å². The fourth-order valence-corrected chi connectivity index (χ4v) is 2.43. The van der Waals surface area contributed by atoms with Crippen molar-refractivity contribution in [3.05, 3.63) is 34.9 Å². The molecule has 0 aliphatic heterocycles. The van der Waals surface area contributed by atoms with Crippen molar-refractivity contribution in [2.75, 3.05) is 12.0 Å². The van der Waals surface area contributed by atoms with E-state index in [1.54, 1.807) is 0 Å². The Bertz CT molecular complexity index is 302. The molecule has 0 saturated heterocycles. The summed E-state index contributed by atoms with van der Waals surface area (Å²) in [6.07, 6.45) is 4.74. The molecule has 0 fully saturated rings. The number of aryl methyl sites for hydroxylation is 2. The predicted octanol–water partition coefficient (Wildman–Crippen LogP) is 3.35. The Morgan fingerprint density at radius 2 is 1.88 bits per heavy atom. The van der Waals surface area contributed by atoms with Crippen LogP contribution in [-0.2, 0) is 6.42 Å². The third-order valence-electron chi connectivity index (χ3n) is 2.97. The van der Waals surface area contributed by atoms with Crippen LogP contribution in [0.2, 0.25) is 0 Å². The molecule has 0 spiro atoms. The van der Waals surface area contributed by atoms with E-state index in [1.165, 1.54) is 16.7 Å². The minimum Gasteiger partial charge on any atom is -0.393 e. The summed E-state index contributed by atoms with van der Waals surface area (Å²) >= 11 is 1.85. The average molecular weight is 238 g/mol. The van der Waals surface area contributed by atoms with Gasteiger partial charge < -0.3 is 5.11 Å². The standard InChI is InChI=1S/C14H22OS/c1-11-6-4-7-12(2)14(11)10-13(15)8-5-9-16-3/h4,6-7,13,15H,5,8-10H2,1-3H3. The molecule has 16 heavy (non-hydrogen) atoms. The van der Waals surface area contributed by atoms with Crippen molar-refractivity contribution in [3.63, 3.8) is 0 Å². The molecule has 0 saturated carbocycles. The first-order valence-electron chi connectivity index (χ1n) is 5.87. The molecule has 0 aromatic heterocycles. The summed E-state index contributed by atoms with van der Waals surface area (Å²) in [6, 6.07) is 6.32. The molecule has 0 bridgehead atoms. The Morgan fingerprint density at radius 3 is 2.44 bits per heavy atom. The minimum absolute atomic E-state index is 0.188. The highest BCUT2D eigenvalue weighted by Crippen LogP contribution is 2.17. The third kappa shape index (κ3) is 4.18. The van der Waals surface area contributed by atoms with Gasteiger partial charge in [0.25, 0.3) is 0 Å². The van der Waals surface area contributed by atoms with Gasteiger partial charge in [0.15, 0.2) is 0 Å². The van der Waals surface area contributed by atoms with Crippen molar-refractivity contribution >= 4 is 11.8 Å². The molecular formula is C14H22OS. The van der Waals surface area contributed by atoms with Crippen LogP contribution in [-0.4, -0.2) is 23.2 Å². The number of rotatable bonds is 6. The molecular weight excluding hydrogens is 216 g/mol. The highest BCUT2D eigenvalue weighted by Gasteiger charge is 2.09. The molecule has 0 heterocycles. The molecule has 1 N–H and O–H groups in total. The van der Waals surface area contributed by atoms with E-state index in [2.05, 4.69) is 38.3 Å². The van der Waals surface area contributed by atoms with Crippen LogP contribution in [0.5, 0.6) is 0 Å². The topological polar surface area (TPSA) is 20.2 Å². The lowest BCUT2D eigenvalue weighted by atomic mass is 9.96. The predicted molar refractivity (Wildman–Crippen MR) is 73.2 cm³/mol. The normalized spacial score (nSPS) is 12.8. The SMILES string of the molecule is CSCCCC(O)Cc1c(C)cccc1C. The van der Waals surface area contributed by atoms with Crippen LogP contribution in [0.15, 0.2) is 18.2 Å². The average Bonchev–Trinajstić information content (AvgIpc) is 2.24. The monoisotopic (exact) mass is 238 g/mol. The molecule has 0 aliphatic rings. The summed E-state index contributed by atoms with van der Waals surface area (Å²) in [6.45, 7) is 4.24. The van der Waals surface area contributed by atoms with Gasteiger partial charge in [0.2, 0.25) is 0 Å². The van der Waals surface area contributed by atoms with E-state index in [-0.39, 0.29) is 6.10 Å². The fourth-order valence-electron chi connectivity index (χ4n) is 1.97. The van der Waals surface area contributed by atoms with Gasteiger partial charge in [-0.15, -0.1) is 0 Å². The van der Waals surface area contributed by atoms with Crippen molar-refractivity contribution in [3.8, 4) is 0 Å². The van der Waals surface area contributed by atoms with E-state index < -0.39 is 0 Å². The van der Waals surface area contributed by atoms with E-state index >= 15 is 0 Å². The molecule has 1 atom stereocenters. The zero-order valence-electron chi connectivity index (χ0n) is 10.5. The van der Waals surface area contributed by atoms with Crippen LogP contribution in [0.1, 0.15) is 29.5 Å². The van der Waals surface area contributed by atoms with Gasteiger partial charge >= 0.3 is 0 Å². The first-order chi connectivity index (χ1) is 7.65. The maximum atomic E-state index is 9.97. The van der Waals surface area contributed by atoms with Gasteiger partial charge in [-0.3, -0.25) is 0 Å². The second-order valence-corrected chi connectivity index (χ2v) is 5.35. The summed E-state index contributed by atoms with van der Waals surface area (Å²) in [4.78, 5) is 0. The summed E-state index contributed by atoms with van der Waals surface area (Å²) < 4.78 is 0. The van der Waals surface area contributed by atoms with Crippen LogP contribution in [0.3, 0.4) is 0 Å². The minimum atomic E-state index is -0.188. The summed E-state index contributed by atoms with van der Waals surface area (Å²) in [7, 11) is 0. The fraction of sp³-hybridized carbons (Fsp3) is 0.571. The lowest BCUT2D eigenvalue weighted by molar-refractivity contribution is 0.164. The molecule has 0 radical (unpaired) electrons. The Balaban J connectivity index is 2.52. The zero-order valence-corrected chi connectivity index (χ0v) is 11.3. The van der Waals surface area contributed by atoms with Crippen molar-refractivity contribution < 1.29 is 5.11 Å². The van der Waals surface area contributed by atoms with Crippen LogP contribution >= 0.6 is 11.8 Å². The lowest BCUT2D eigenvalue weighted by Crippen LogP contribution is -2.12. The molecule has 0 aliphatic carbocycles. The zero-order chi connectivity index (χ0) is 12.0. The maximum Gasteiger partial charge on any atom is 0.0581 e. The van der Waals surface area contributed by atoms with Gasteiger partial charge in [-0.2, -0.15) is 11.8 Å². The smallest absolute Gasteiger partial charge is 0.0581 e. The van der Waals surface area contributed by atoms with Crippen LogP contribution in [0.4, 0.5) is 0 Å². The number of hydrogen-bond acceptors (Lipinski definition) is 2. The Kier molecular flexibility index (Phi) is 5.93. The molecule has 0 amide bonds. The Morgan fingerprint density at radius 1 is 1.25 bits per heavy atom. The number of benzene rings is 1. The highest BCUT2D eigenvalue weighted by atomic mass is 32.2. The second kappa shape index (κ2) is 6.97. The van der Waals surface area contributed by atoms with Crippen molar-refractivity contribution in [2.24, 2.45) is 0 Å². The molecule has 2 heteroatoms. The van der Waals surface area contributed by atoms with E-state index in [4.69, 9.17) is 0 Å². The first-order valence-corrected chi connectivity index (χ1v) is 7.26. The second-order valence-electron chi connectivity index (χ2n) is 4.36. The van der Waals surface area contributed by atoms with Gasteiger partial charge in [-0.1, -0.05) is 18.2 Å². The molecule has 90 valence electrons. The van der Waals surface area contributed by atoms with Crippen LogP contribution < -0.4 is 0 Å². The Labute approximate surface area is 103 Å². The van der Waals surface area contributed by atoms with Crippen molar-refractivity contribution in [1.29, 1.82) is 0 Å². The molecule has 1 rings (SSSR count). The number of hydrogen-bond donors (Lipinski definition) is 1. The number of aliphatic hydroxyl groups is 1. The van der Waals surface area contributed by atoms with Crippen molar-refractivity contribution in [2.45, 2.75) is 39.2 Å². The molecule has 1 aromatic carbocycles. The van der Waals surface area contributed by atoms with E-state index in [9.17, 15) is 5.11 Å². The molecule has 1 nitrogen and oxygen atoms in total. The van der Waals surface area contributed by atoms with Gasteiger partial charge in [0.05, 0.1) is 6.10 Å². The van der Waals surface area contributed by atoms with Gasteiger partial charge in [-0.25, -0.2) is 0 Å². The third-order valence-corrected chi connectivity index (χ3v) is 3.67. The largest absolute Gasteiger partial charge is 0.393 e. The Hall–Kier alpha value is -0.470. The molecule has 1 aromatic rings. The first kappa shape index (κ1) is 13.6. The maximum absolute atomic E-state index is 9.97.